The van der Waals surface area contributed by atoms with Crippen LogP contribution in [-0.2, 0) is 9.84 Å². The summed E-state index contributed by atoms with van der Waals surface area (Å²) in [5.41, 5.74) is 6.96. The van der Waals surface area contributed by atoms with E-state index in [1.807, 2.05) is 0 Å². The predicted octanol–water partition coefficient (Wildman–Crippen LogP) is 2.93. The van der Waals surface area contributed by atoms with Gasteiger partial charge in [0.05, 0.1) is 10.6 Å². The summed E-state index contributed by atoms with van der Waals surface area (Å²) in [6.45, 7) is 3.90. The highest BCUT2D eigenvalue weighted by molar-refractivity contribution is 7.91. The molecule has 0 aliphatic heterocycles. The number of aryl methyl sites for hydroxylation is 1. The Labute approximate surface area is 104 Å². The molecule has 0 spiro atoms. The molecular formula is C13H21NO2S. The van der Waals surface area contributed by atoms with Crippen molar-refractivity contribution in [1.29, 1.82) is 0 Å². The van der Waals surface area contributed by atoms with Gasteiger partial charge in [-0.15, -0.1) is 0 Å². The topological polar surface area (TPSA) is 60.2 Å². The minimum absolute atomic E-state index is 0.234. The summed E-state index contributed by atoms with van der Waals surface area (Å²) in [5, 5.41) is 0. The van der Waals surface area contributed by atoms with Crippen LogP contribution >= 0.6 is 0 Å². The Bertz CT molecular complexity index is 466. The van der Waals surface area contributed by atoms with Crippen LogP contribution in [0.25, 0.3) is 0 Å². The van der Waals surface area contributed by atoms with Gasteiger partial charge in [-0.05, 0) is 37.1 Å². The van der Waals surface area contributed by atoms with Gasteiger partial charge < -0.3 is 5.73 Å². The molecule has 1 rings (SSSR count). The van der Waals surface area contributed by atoms with Gasteiger partial charge in [-0.1, -0.05) is 26.2 Å². The lowest BCUT2D eigenvalue weighted by Crippen LogP contribution is -2.08. The number of sulfone groups is 1. The summed E-state index contributed by atoms with van der Waals surface area (Å²) in [5.74, 6) is 0.234. The summed E-state index contributed by atoms with van der Waals surface area (Å²) in [4.78, 5) is 0.420. The average molecular weight is 255 g/mol. The zero-order valence-electron chi connectivity index (χ0n) is 10.6. The monoisotopic (exact) mass is 255 g/mol. The van der Waals surface area contributed by atoms with Crippen molar-refractivity contribution in [3.05, 3.63) is 23.8 Å². The maximum Gasteiger partial charge on any atom is 0.178 e. The molecule has 96 valence electrons. The van der Waals surface area contributed by atoms with Crippen molar-refractivity contribution in [2.24, 2.45) is 0 Å². The van der Waals surface area contributed by atoms with E-state index in [0.29, 0.717) is 10.6 Å². The predicted molar refractivity (Wildman–Crippen MR) is 71.8 cm³/mol. The molecule has 0 saturated carbocycles. The normalized spacial score (nSPS) is 11.6. The highest BCUT2D eigenvalue weighted by Gasteiger charge is 2.16. The average Bonchev–Trinajstić information content (AvgIpc) is 2.24. The molecule has 3 nitrogen and oxygen atoms in total. The molecule has 2 N–H and O–H groups in total. The van der Waals surface area contributed by atoms with Crippen LogP contribution in [0, 0.1) is 6.92 Å². The van der Waals surface area contributed by atoms with Crippen molar-refractivity contribution in [3.8, 4) is 0 Å². The Hall–Kier alpha value is -1.03. The number of hydrogen-bond donors (Lipinski definition) is 1. The molecule has 0 aliphatic rings. The van der Waals surface area contributed by atoms with Crippen LogP contribution in [0.3, 0.4) is 0 Å². The molecule has 0 heterocycles. The van der Waals surface area contributed by atoms with Gasteiger partial charge in [0.15, 0.2) is 9.84 Å². The van der Waals surface area contributed by atoms with Crippen molar-refractivity contribution < 1.29 is 8.42 Å². The molecule has 1 aromatic rings. The quantitative estimate of drug-likeness (QED) is 0.628. The molecule has 0 amide bonds. The fourth-order valence-corrected chi connectivity index (χ4v) is 3.48. The third kappa shape index (κ3) is 4.04. The fourth-order valence-electron chi connectivity index (χ4n) is 1.85. The van der Waals surface area contributed by atoms with Gasteiger partial charge in [0.1, 0.15) is 0 Å². The smallest absolute Gasteiger partial charge is 0.178 e. The SMILES string of the molecule is CCCCCCS(=O)(=O)c1ccc(N)cc1C. The van der Waals surface area contributed by atoms with Crippen molar-refractivity contribution in [3.63, 3.8) is 0 Å². The first-order valence-electron chi connectivity index (χ1n) is 6.06. The van der Waals surface area contributed by atoms with E-state index in [0.717, 1.165) is 31.2 Å². The zero-order valence-corrected chi connectivity index (χ0v) is 11.4. The molecule has 0 aromatic heterocycles. The van der Waals surface area contributed by atoms with Crippen molar-refractivity contribution in [2.45, 2.75) is 44.4 Å². The Morgan fingerprint density at radius 1 is 1.18 bits per heavy atom. The van der Waals surface area contributed by atoms with E-state index in [2.05, 4.69) is 6.92 Å². The maximum absolute atomic E-state index is 12.1. The molecule has 17 heavy (non-hydrogen) atoms. The first kappa shape index (κ1) is 14.0. The summed E-state index contributed by atoms with van der Waals surface area (Å²) < 4.78 is 24.2. The molecule has 0 atom stereocenters. The third-order valence-electron chi connectivity index (χ3n) is 2.80. The molecule has 0 aliphatic carbocycles. The van der Waals surface area contributed by atoms with E-state index in [9.17, 15) is 8.42 Å². The summed E-state index contributed by atoms with van der Waals surface area (Å²) >= 11 is 0. The second-order valence-electron chi connectivity index (χ2n) is 4.40. The Balaban J connectivity index is 2.76. The lowest BCUT2D eigenvalue weighted by Gasteiger charge is -2.08. The fraction of sp³-hybridized carbons (Fsp3) is 0.538. The van der Waals surface area contributed by atoms with Crippen molar-refractivity contribution >= 4 is 15.5 Å². The van der Waals surface area contributed by atoms with Gasteiger partial charge in [-0.3, -0.25) is 0 Å². The van der Waals surface area contributed by atoms with Crippen LogP contribution in [0.15, 0.2) is 23.1 Å². The van der Waals surface area contributed by atoms with Crippen LogP contribution in [0.2, 0.25) is 0 Å². The zero-order chi connectivity index (χ0) is 12.9. The summed E-state index contributed by atoms with van der Waals surface area (Å²) in [6.07, 6.45) is 3.92. The van der Waals surface area contributed by atoms with Crippen LogP contribution < -0.4 is 5.73 Å². The Morgan fingerprint density at radius 2 is 1.88 bits per heavy atom. The van der Waals surface area contributed by atoms with Gasteiger partial charge >= 0.3 is 0 Å². The lowest BCUT2D eigenvalue weighted by atomic mass is 10.2. The number of benzene rings is 1. The number of unbranched alkanes of at least 4 members (excludes halogenated alkanes) is 3. The van der Waals surface area contributed by atoms with E-state index in [4.69, 9.17) is 5.73 Å². The van der Waals surface area contributed by atoms with E-state index < -0.39 is 9.84 Å². The van der Waals surface area contributed by atoms with Crippen molar-refractivity contribution in [2.75, 3.05) is 11.5 Å². The Morgan fingerprint density at radius 3 is 2.47 bits per heavy atom. The van der Waals surface area contributed by atoms with Crippen LogP contribution in [0.5, 0.6) is 0 Å². The Kier molecular flexibility index (Phi) is 5.00. The molecule has 0 radical (unpaired) electrons. The summed E-state index contributed by atoms with van der Waals surface area (Å²) in [6, 6.07) is 4.96. The van der Waals surface area contributed by atoms with Gasteiger partial charge in [0.25, 0.3) is 0 Å². The van der Waals surface area contributed by atoms with Crippen LogP contribution in [0.1, 0.15) is 38.2 Å². The number of rotatable bonds is 6. The largest absolute Gasteiger partial charge is 0.399 e. The molecule has 0 bridgehead atoms. The van der Waals surface area contributed by atoms with Gasteiger partial charge in [0, 0.05) is 5.69 Å². The van der Waals surface area contributed by atoms with E-state index in [-0.39, 0.29) is 5.75 Å². The number of nitrogens with two attached hydrogens (primary N) is 1. The standard InChI is InChI=1S/C13H21NO2S/c1-3-4-5-6-9-17(15,16)13-8-7-12(14)10-11(13)2/h7-8,10H,3-6,9,14H2,1-2H3. The van der Waals surface area contributed by atoms with Crippen LogP contribution in [-0.4, -0.2) is 14.2 Å². The molecule has 0 saturated heterocycles. The first-order valence-corrected chi connectivity index (χ1v) is 7.71. The number of hydrogen-bond acceptors (Lipinski definition) is 3. The number of nitrogen functional groups attached to an aromatic ring is 1. The molecule has 0 unspecified atom stereocenters. The van der Waals surface area contributed by atoms with Gasteiger partial charge in [-0.2, -0.15) is 0 Å². The molecule has 0 fully saturated rings. The highest BCUT2D eigenvalue weighted by atomic mass is 32.2. The van der Waals surface area contributed by atoms with E-state index in [1.165, 1.54) is 0 Å². The third-order valence-corrected chi connectivity index (χ3v) is 4.75. The second kappa shape index (κ2) is 6.05. The van der Waals surface area contributed by atoms with Gasteiger partial charge in [0.2, 0.25) is 0 Å². The van der Waals surface area contributed by atoms with E-state index in [1.54, 1.807) is 25.1 Å². The summed E-state index contributed by atoms with van der Waals surface area (Å²) in [7, 11) is -3.14. The first-order chi connectivity index (χ1) is 7.97. The number of anilines is 1. The van der Waals surface area contributed by atoms with Gasteiger partial charge in [-0.25, -0.2) is 8.42 Å². The van der Waals surface area contributed by atoms with Crippen molar-refractivity contribution in [1.82, 2.24) is 0 Å². The minimum atomic E-state index is -3.14. The maximum atomic E-state index is 12.1. The van der Waals surface area contributed by atoms with E-state index >= 15 is 0 Å². The highest BCUT2D eigenvalue weighted by Crippen LogP contribution is 2.20. The van der Waals surface area contributed by atoms with Crippen LogP contribution in [0.4, 0.5) is 5.69 Å². The lowest BCUT2D eigenvalue weighted by molar-refractivity contribution is 0.588. The molecule has 4 heteroatoms. The molecular weight excluding hydrogens is 234 g/mol. The second-order valence-corrected chi connectivity index (χ2v) is 6.48. The molecule has 1 aromatic carbocycles. The minimum Gasteiger partial charge on any atom is -0.399 e.